The van der Waals surface area contributed by atoms with E-state index in [-0.39, 0.29) is 5.91 Å². The molecular weight excluding hydrogens is 142 g/mol. The first kappa shape index (κ1) is 10.4. The van der Waals surface area contributed by atoms with E-state index in [1.165, 1.54) is 6.92 Å². The molecule has 0 aliphatic heterocycles. The number of nitrogens with one attached hydrogen (secondary N) is 1. The SMILES string of the molecule is CC(=O)NCCOCC(C)C. The summed E-state index contributed by atoms with van der Waals surface area (Å²) in [5, 5.41) is 2.66. The summed E-state index contributed by atoms with van der Waals surface area (Å²) >= 11 is 0. The molecule has 0 aromatic rings. The van der Waals surface area contributed by atoms with E-state index in [9.17, 15) is 4.79 Å². The molecular formula is C8H17NO2. The predicted molar refractivity (Wildman–Crippen MR) is 44.3 cm³/mol. The Labute approximate surface area is 68.1 Å². The molecule has 0 aromatic heterocycles. The van der Waals surface area contributed by atoms with E-state index in [1.807, 2.05) is 0 Å². The summed E-state index contributed by atoms with van der Waals surface area (Å²) in [6, 6.07) is 0. The van der Waals surface area contributed by atoms with Gasteiger partial charge in [-0.05, 0) is 5.92 Å². The molecule has 11 heavy (non-hydrogen) atoms. The van der Waals surface area contributed by atoms with Gasteiger partial charge in [0.25, 0.3) is 0 Å². The summed E-state index contributed by atoms with van der Waals surface area (Å²) in [4.78, 5) is 10.4. The Morgan fingerprint density at radius 1 is 1.55 bits per heavy atom. The van der Waals surface area contributed by atoms with Crippen LogP contribution in [0, 0.1) is 5.92 Å². The summed E-state index contributed by atoms with van der Waals surface area (Å²) in [6.45, 7) is 7.68. The van der Waals surface area contributed by atoms with Crippen LogP contribution in [0.4, 0.5) is 0 Å². The minimum Gasteiger partial charge on any atom is -0.379 e. The molecule has 0 unspecified atom stereocenters. The largest absolute Gasteiger partial charge is 0.379 e. The van der Waals surface area contributed by atoms with Crippen LogP contribution >= 0.6 is 0 Å². The molecule has 0 saturated heterocycles. The van der Waals surface area contributed by atoms with Gasteiger partial charge in [-0.3, -0.25) is 4.79 Å². The molecule has 0 aromatic carbocycles. The van der Waals surface area contributed by atoms with Gasteiger partial charge < -0.3 is 10.1 Å². The minimum absolute atomic E-state index is 0.00172. The monoisotopic (exact) mass is 159 g/mol. The molecule has 0 radical (unpaired) electrons. The Morgan fingerprint density at radius 2 is 2.18 bits per heavy atom. The third kappa shape index (κ3) is 9.43. The van der Waals surface area contributed by atoms with Crippen molar-refractivity contribution >= 4 is 5.91 Å². The van der Waals surface area contributed by atoms with Gasteiger partial charge in [0.15, 0.2) is 0 Å². The zero-order valence-electron chi connectivity index (χ0n) is 7.52. The summed E-state index contributed by atoms with van der Waals surface area (Å²) in [6.07, 6.45) is 0. The van der Waals surface area contributed by atoms with Gasteiger partial charge in [0.05, 0.1) is 6.61 Å². The van der Waals surface area contributed by atoms with E-state index in [2.05, 4.69) is 19.2 Å². The molecule has 0 aliphatic carbocycles. The summed E-state index contributed by atoms with van der Waals surface area (Å²) < 4.78 is 5.23. The quantitative estimate of drug-likeness (QED) is 0.602. The van der Waals surface area contributed by atoms with Crippen LogP contribution in [0.2, 0.25) is 0 Å². The van der Waals surface area contributed by atoms with Crippen molar-refractivity contribution < 1.29 is 9.53 Å². The van der Waals surface area contributed by atoms with Crippen LogP contribution < -0.4 is 5.32 Å². The van der Waals surface area contributed by atoms with E-state index in [1.54, 1.807) is 0 Å². The third-order valence-electron chi connectivity index (χ3n) is 1.07. The highest BCUT2D eigenvalue weighted by atomic mass is 16.5. The minimum atomic E-state index is -0.00172. The summed E-state index contributed by atoms with van der Waals surface area (Å²) in [5.74, 6) is 0.561. The lowest BCUT2D eigenvalue weighted by Crippen LogP contribution is -2.24. The molecule has 1 amide bonds. The first-order valence-corrected chi connectivity index (χ1v) is 3.95. The number of amides is 1. The smallest absolute Gasteiger partial charge is 0.216 e. The van der Waals surface area contributed by atoms with Crippen molar-refractivity contribution in [1.29, 1.82) is 0 Å². The Morgan fingerprint density at radius 3 is 2.64 bits per heavy atom. The van der Waals surface area contributed by atoms with E-state index >= 15 is 0 Å². The maximum Gasteiger partial charge on any atom is 0.216 e. The number of hydrogen-bond donors (Lipinski definition) is 1. The zero-order chi connectivity index (χ0) is 8.69. The van der Waals surface area contributed by atoms with E-state index < -0.39 is 0 Å². The Hall–Kier alpha value is -0.570. The van der Waals surface area contributed by atoms with Crippen LogP contribution in [0.5, 0.6) is 0 Å². The fraction of sp³-hybridized carbons (Fsp3) is 0.875. The van der Waals surface area contributed by atoms with Crippen LogP contribution in [0.15, 0.2) is 0 Å². The van der Waals surface area contributed by atoms with E-state index in [0.29, 0.717) is 19.1 Å². The molecule has 0 bridgehead atoms. The van der Waals surface area contributed by atoms with Crippen molar-refractivity contribution in [1.82, 2.24) is 5.32 Å². The number of hydrogen-bond acceptors (Lipinski definition) is 2. The Kier molecular flexibility index (Phi) is 5.84. The van der Waals surface area contributed by atoms with Crippen LogP contribution in [0.25, 0.3) is 0 Å². The third-order valence-corrected chi connectivity index (χ3v) is 1.07. The van der Waals surface area contributed by atoms with Gasteiger partial charge >= 0.3 is 0 Å². The van der Waals surface area contributed by atoms with Crippen molar-refractivity contribution in [2.24, 2.45) is 5.92 Å². The lowest BCUT2D eigenvalue weighted by atomic mass is 10.2. The molecule has 1 N–H and O–H groups in total. The first-order valence-electron chi connectivity index (χ1n) is 3.95. The molecule has 0 atom stereocenters. The molecule has 0 heterocycles. The predicted octanol–water partition coefficient (Wildman–Crippen LogP) is 0.795. The second-order valence-corrected chi connectivity index (χ2v) is 2.95. The van der Waals surface area contributed by atoms with Crippen LogP contribution in [-0.4, -0.2) is 25.7 Å². The molecule has 0 aliphatic rings. The van der Waals surface area contributed by atoms with Crippen LogP contribution in [0.3, 0.4) is 0 Å². The van der Waals surface area contributed by atoms with Gasteiger partial charge in [-0.25, -0.2) is 0 Å². The lowest BCUT2D eigenvalue weighted by Gasteiger charge is -2.06. The van der Waals surface area contributed by atoms with Crippen molar-refractivity contribution in [2.45, 2.75) is 20.8 Å². The fourth-order valence-corrected chi connectivity index (χ4v) is 0.618. The van der Waals surface area contributed by atoms with Gasteiger partial charge in [0.1, 0.15) is 0 Å². The average Bonchev–Trinajstić information content (AvgIpc) is 1.85. The highest BCUT2D eigenvalue weighted by molar-refractivity contribution is 5.72. The average molecular weight is 159 g/mol. The highest BCUT2D eigenvalue weighted by Crippen LogP contribution is 1.90. The van der Waals surface area contributed by atoms with Crippen molar-refractivity contribution in [3.05, 3.63) is 0 Å². The molecule has 0 saturated carbocycles. The lowest BCUT2D eigenvalue weighted by molar-refractivity contribution is -0.119. The number of carbonyl (C=O) groups is 1. The summed E-state index contributed by atoms with van der Waals surface area (Å²) in [7, 11) is 0. The molecule has 0 rings (SSSR count). The fourth-order valence-electron chi connectivity index (χ4n) is 0.618. The van der Waals surface area contributed by atoms with E-state index in [0.717, 1.165) is 6.61 Å². The van der Waals surface area contributed by atoms with Gasteiger partial charge in [0, 0.05) is 20.1 Å². The Balaban J connectivity index is 2.97. The number of rotatable bonds is 5. The van der Waals surface area contributed by atoms with Gasteiger partial charge in [-0.2, -0.15) is 0 Å². The van der Waals surface area contributed by atoms with Gasteiger partial charge in [0.2, 0.25) is 5.91 Å². The van der Waals surface area contributed by atoms with Gasteiger partial charge in [-0.15, -0.1) is 0 Å². The van der Waals surface area contributed by atoms with Crippen LogP contribution in [0.1, 0.15) is 20.8 Å². The zero-order valence-corrected chi connectivity index (χ0v) is 7.52. The van der Waals surface area contributed by atoms with Gasteiger partial charge in [-0.1, -0.05) is 13.8 Å². The highest BCUT2D eigenvalue weighted by Gasteiger charge is 1.93. The van der Waals surface area contributed by atoms with E-state index in [4.69, 9.17) is 4.74 Å². The van der Waals surface area contributed by atoms with Crippen molar-refractivity contribution in [3.63, 3.8) is 0 Å². The second-order valence-electron chi connectivity index (χ2n) is 2.95. The Bertz CT molecular complexity index is 113. The number of carbonyl (C=O) groups excluding carboxylic acids is 1. The summed E-state index contributed by atoms with van der Waals surface area (Å²) in [5.41, 5.74) is 0. The molecule has 3 nitrogen and oxygen atoms in total. The second kappa shape index (κ2) is 6.16. The number of ether oxygens (including phenoxy) is 1. The molecule has 66 valence electrons. The molecule has 0 fully saturated rings. The molecule has 3 heteroatoms. The normalized spacial score (nSPS) is 10.2. The van der Waals surface area contributed by atoms with Crippen molar-refractivity contribution in [2.75, 3.05) is 19.8 Å². The maximum atomic E-state index is 10.4. The van der Waals surface area contributed by atoms with Crippen molar-refractivity contribution in [3.8, 4) is 0 Å². The maximum absolute atomic E-state index is 10.4. The standard InChI is InChI=1S/C8H17NO2/c1-7(2)6-11-5-4-9-8(3)10/h7H,4-6H2,1-3H3,(H,9,10). The molecule has 0 spiro atoms. The first-order chi connectivity index (χ1) is 5.13. The van der Waals surface area contributed by atoms with Crippen LogP contribution in [-0.2, 0) is 9.53 Å². The topological polar surface area (TPSA) is 38.3 Å².